The van der Waals surface area contributed by atoms with Crippen molar-refractivity contribution < 1.29 is 4.79 Å². The molecule has 0 unspecified atom stereocenters. The molecule has 84 valence electrons. The summed E-state index contributed by atoms with van der Waals surface area (Å²) in [5.41, 5.74) is 2.39. The van der Waals surface area contributed by atoms with Crippen molar-refractivity contribution in [2.24, 2.45) is 0 Å². The average molecular weight is 241 g/mol. The summed E-state index contributed by atoms with van der Waals surface area (Å²) in [7, 11) is 0. The quantitative estimate of drug-likeness (QED) is 0.567. The van der Waals surface area contributed by atoms with Crippen molar-refractivity contribution in [3.8, 4) is 11.8 Å². The number of benzene rings is 1. The number of nitrogens with zero attached hydrogens (tertiary/aromatic N) is 1. The Labute approximate surface area is 104 Å². The molecule has 0 atom stereocenters. The molecule has 1 aromatic carbocycles. The zero-order chi connectivity index (χ0) is 12.3. The van der Waals surface area contributed by atoms with E-state index in [1.54, 1.807) is 30.4 Å². The molecule has 0 aliphatic carbocycles. The largest absolute Gasteiger partial charge is 0.295 e. The molecule has 2 rings (SSSR count). The maximum Gasteiger partial charge on any atom is 0.159 e. The topological polar surface area (TPSA) is 30.0 Å². The first-order chi connectivity index (χ1) is 8.15. The van der Waals surface area contributed by atoms with Gasteiger partial charge in [0.1, 0.15) is 5.69 Å². The third-order valence-electron chi connectivity index (χ3n) is 2.25. The lowest BCUT2D eigenvalue weighted by atomic mass is 10.1. The van der Waals surface area contributed by atoms with Crippen LogP contribution in [-0.2, 0) is 0 Å². The number of hydrogen-bond acceptors (Lipinski definition) is 3. The molecular weight excluding hydrogens is 230 g/mol. The molecule has 2 aromatic rings. The fourth-order valence-electron chi connectivity index (χ4n) is 1.35. The lowest BCUT2D eigenvalue weighted by Gasteiger charge is -1.94. The van der Waals surface area contributed by atoms with Gasteiger partial charge in [-0.05, 0) is 31.9 Å². The van der Waals surface area contributed by atoms with Crippen molar-refractivity contribution in [3.05, 3.63) is 51.5 Å². The first-order valence-electron chi connectivity index (χ1n) is 5.20. The van der Waals surface area contributed by atoms with E-state index in [0.29, 0.717) is 5.56 Å². The van der Waals surface area contributed by atoms with Crippen LogP contribution in [0.2, 0.25) is 0 Å². The highest BCUT2D eigenvalue weighted by Crippen LogP contribution is 2.07. The zero-order valence-electron chi connectivity index (χ0n) is 9.65. The summed E-state index contributed by atoms with van der Waals surface area (Å²) in [5, 5.41) is 2.95. The predicted molar refractivity (Wildman–Crippen MR) is 69.3 cm³/mol. The fourth-order valence-corrected chi connectivity index (χ4v) is 1.89. The van der Waals surface area contributed by atoms with Gasteiger partial charge in [-0.2, -0.15) is 0 Å². The Morgan fingerprint density at radius 3 is 2.47 bits per heavy atom. The second-order valence-electron chi connectivity index (χ2n) is 3.64. The van der Waals surface area contributed by atoms with E-state index in [1.165, 1.54) is 0 Å². The second-order valence-corrected chi connectivity index (χ2v) is 4.70. The molecule has 0 bridgehead atoms. The van der Waals surface area contributed by atoms with Crippen LogP contribution in [0.15, 0.2) is 29.6 Å². The number of carbonyl (C=O) groups excluding carboxylic acids is 1. The molecule has 0 aliphatic rings. The predicted octanol–water partition coefficient (Wildman–Crippen LogP) is 3.05. The van der Waals surface area contributed by atoms with Crippen LogP contribution >= 0.6 is 11.3 Å². The van der Waals surface area contributed by atoms with Crippen LogP contribution in [0.5, 0.6) is 0 Å². The summed E-state index contributed by atoms with van der Waals surface area (Å²) >= 11 is 1.59. The minimum absolute atomic E-state index is 0.0691. The number of aryl methyl sites for hydroxylation is 1. The standard InChI is InChI=1S/C14H11NOS/c1-10(16)13-6-3-12(4-7-13)5-8-14-9-17-11(2)15-14/h3-4,6-7,9H,1-2H3. The van der Waals surface area contributed by atoms with Crippen LogP contribution in [0.1, 0.15) is 33.5 Å². The molecule has 0 saturated heterocycles. The molecule has 0 fully saturated rings. The lowest BCUT2D eigenvalue weighted by molar-refractivity contribution is 0.101. The Kier molecular flexibility index (Phi) is 3.36. The molecule has 1 heterocycles. The van der Waals surface area contributed by atoms with Crippen molar-refractivity contribution in [2.75, 3.05) is 0 Å². The molecule has 0 spiro atoms. The molecule has 0 radical (unpaired) electrons. The van der Waals surface area contributed by atoms with E-state index in [4.69, 9.17) is 0 Å². The van der Waals surface area contributed by atoms with E-state index >= 15 is 0 Å². The molecule has 0 amide bonds. The van der Waals surface area contributed by atoms with Gasteiger partial charge in [0.25, 0.3) is 0 Å². The van der Waals surface area contributed by atoms with Crippen molar-refractivity contribution in [3.63, 3.8) is 0 Å². The molecule has 3 heteroatoms. The summed E-state index contributed by atoms with van der Waals surface area (Å²) < 4.78 is 0. The highest BCUT2D eigenvalue weighted by atomic mass is 32.1. The Hall–Kier alpha value is -1.92. The van der Waals surface area contributed by atoms with Crippen molar-refractivity contribution in [1.82, 2.24) is 4.98 Å². The average Bonchev–Trinajstić information content (AvgIpc) is 2.73. The van der Waals surface area contributed by atoms with Gasteiger partial charge in [0.05, 0.1) is 5.01 Å². The molecule has 0 saturated carbocycles. The number of carbonyl (C=O) groups is 1. The van der Waals surface area contributed by atoms with Gasteiger partial charge in [-0.1, -0.05) is 18.1 Å². The maximum atomic E-state index is 11.1. The maximum absolute atomic E-state index is 11.1. The van der Waals surface area contributed by atoms with Gasteiger partial charge in [-0.3, -0.25) is 4.79 Å². The van der Waals surface area contributed by atoms with Crippen molar-refractivity contribution >= 4 is 17.1 Å². The minimum atomic E-state index is 0.0691. The van der Waals surface area contributed by atoms with Crippen LogP contribution in [0.4, 0.5) is 0 Å². The monoisotopic (exact) mass is 241 g/mol. The summed E-state index contributed by atoms with van der Waals surface area (Å²) in [6.07, 6.45) is 0. The number of hydrogen-bond donors (Lipinski definition) is 0. The minimum Gasteiger partial charge on any atom is -0.295 e. The van der Waals surface area contributed by atoms with Gasteiger partial charge in [-0.25, -0.2) is 4.98 Å². The smallest absolute Gasteiger partial charge is 0.159 e. The Morgan fingerprint density at radius 2 is 1.94 bits per heavy atom. The number of thiazole rings is 1. The lowest BCUT2D eigenvalue weighted by Crippen LogP contribution is -1.90. The SMILES string of the molecule is CC(=O)c1ccc(C#Cc2csc(C)n2)cc1. The number of ketones is 1. The van der Waals surface area contributed by atoms with Crippen LogP contribution in [0, 0.1) is 18.8 Å². The molecular formula is C14H11NOS. The number of rotatable bonds is 1. The fraction of sp³-hybridized carbons (Fsp3) is 0.143. The molecule has 0 N–H and O–H groups in total. The van der Waals surface area contributed by atoms with Crippen LogP contribution in [-0.4, -0.2) is 10.8 Å². The van der Waals surface area contributed by atoms with Crippen molar-refractivity contribution in [2.45, 2.75) is 13.8 Å². The van der Waals surface area contributed by atoms with Gasteiger partial charge in [-0.15, -0.1) is 11.3 Å². The van der Waals surface area contributed by atoms with E-state index in [9.17, 15) is 4.79 Å². The normalized spacial score (nSPS) is 9.53. The number of aromatic nitrogens is 1. The van der Waals surface area contributed by atoms with Gasteiger partial charge in [0, 0.05) is 16.5 Å². The molecule has 2 nitrogen and oxygen atoms in total. The molecule has 0 aliphatic heterocycles. The summed E-state index contributed by atoms with van der Waals surface area (Å²) in [4.78, 5) is 15.4. The first-order valence-corrected chi connectivity index (χ1v) is 6.08. The molecule has 1 aromatic heterocycles. The van der Waals surface area contributed by atoms with Gasteiger partial charge in [0.2, 0.25) is 0 Å². The van der Waals surface area contributed by atoms with Crippen LogP contribution in [0.25, 0.3) is 0 Å². The summed E-state index contributed by atoms with van der Waals surface area (Å²) in [6, 6.07) is 7.28. The van der Waals surface area contributed by atoms with E-state index in [2.05, 4.69) is 16.8 Å². The van der Waals surface area contributed by atoms with E-state index in [-0.39, 0.29) is 5.78 Å². The third kappa shape index (κ3) is 3.02. The second kappa shape index (κ2) is 4.94. The Morgan fingerprint density at radius 1 is 1.24 bits per heavy atom. The summed E-state index contributed by atoms with van der Waals surface area (Å²) in [6.45, 7) is 3.51. The number of Topliss-reactive ketones (excluding diaryl/α,β-unsaturated/α-hetero) is 1. The van der Waals surface area contributed by atoms with Gasteiger partial charge < -0.3 is 0 Å². The Balaban J connectivity index is 2.19. The van der Waals surface area contributed by atoms with Crippen molar-refractivity contribution in [1.29, 1.82) is 0 Å². The summed E-state index contributed by atoms with van der Waals surface area (Å²) in [5.74, 6) is 6.09. The highest BCUT2D eigenvalue weighted by Gasteiger charge is 1.97. The van der Waals surface area contributed by atoms with E-state index in [0.717, 1.165) is 16.3 Å². The molecule has 17 heavy (non-hydrogen) atoms. The van der Waals surface area contributed by atoms with Crippen LogP contribution < -0.4 is 0 Å². The highest BCUT2D eigenvalue weighted by molar-refractivity contribution is 7.09. The van der Waals surface area contributed by atoms with E-state index < -0.39 is 0 Å². The first kappa shape index (κ1) is 11.6. The van der Waals surface area contributed by atoms with Gasteiger partial charge >= 0.3 is 0 Å². The zero-order valence-corrected chi connectivity index (χ0v) is 10.5. The van der Waals surface area contributed by atoms with Gasteiger partial charge in [0.15, 0.2) is 5.78 Å². The Bertz CT molecular complexity index is 599. The third-order valence-corrected chi connectivity index (χ3v) is 3.02. The van der Waals surface area contributed by atoms with Crippen LogP contribution in [0.3, 0.4) is 0 Å². The van der Waals surface area contributed by atoms with E-state index in [1.807, 2.05) is 24.4 Å².